The van der Waals surface area contributed by atoms with Gasteiger partial charge in [-0.25, -0.2) is 4.39 Å². The van der Waals surface area contributed by atoms with Crippen LogP contribution in [-0.4, -0.2) is 20.5 Å². The zero-order valence-corrected chi connectivity index (χ0v) is 10.6. The molecule has 0 saturated carbocycles. The van der Waals surface area contributed by atoms with Crippen molar-refractivity contribution in [3.8, 4) is 11.5 Å². The summed E-state index contributed by atoms with van der Waals surface area (Å²) in [6.07, 6.45) is 1.49. The van der Waals surface area contributed by atoms with E-state index >= 15 is 0 Å². The van der Waals surface area contributed by atoms with Gasteiger partial charge in [0.1, 0.15) is 12.1 Å². The van der Waals surface area contributed by atoms with Crippen molar-refractivity contribution in [1.82, 2.24) is 0 Å². The van der Waals surface area contributed by atoms with Crippen LogP contribution in [0.5, 0.6) is 11.5 Å². The SMILES string of the molecule is COc1cc(F)c(Br)c(CCC=O)c1OC. The van der Waals surface area contributed by atoms with Crippen LogP contribution in [0, 0.1) is 5.82 Å². The molecule has 1 aromatic carbocycles. The lowest BCUT2D eigenvalue weighted by molar-refractivity contribution is -0.107. The Kier molecular flexibility index (Phi) is 4.73. The number of halogens is 2. The zero-order valence-electron chi connectivity index (χ0n) is 9.05. The second-order valence-electron chi connectivity index (χ2n) is 3.09. The van der Waals surface area contributed by atoms with Gasteiger partial charge in [-0.15, -0.1) is 0 Å². The Morgan fingerprint density at radius 3 is 2.62 bits per heavy atom. The van der Waals surface area contributed by atoms with Crippen LogP contribution in [0.15, 0.2) is 10.5 Å². The molecule has 1 rings (SSSR count). The third-order valence-electron chi connectivity index (χ3n) is 2.17. The van der Waals surface area contributed by atoms with E-state index in [1.54, 1.807) is 0 Å². The maximum Gasteiger partial charge on any atom is 0.165 e. The van der Waals surface area contributed by atoms with E-state index in [1.165, 1.54) is 20.3 Å². The molecule has 0 bridgehead atoms. The van der Waals surface area contributed by atoms with Crippen LogP contribution in [0.3, 0.4) is 0 Å². The van der Waals surface area contributed by atoms with Crippen molar-refractivity contribution in [3.05, 3.63) is 21.9 Å². The minimum absolute atomic E-state index is 0.307. The molecule has 0 aliphatic heterocycles. The second kappa shape index (κ2) is 5.84. The summed E-state index contributed by atoms with van der Waals surface area (Å²) < 4.78 is 24.0. The highest BCUT2D eigenvalue weighted by Crippen LogP contribution is 2.38. The Labute approximate surface area is 102 Å². The number of ether oxygens (including phenoxy) is 2. The molecular formula is C11H12BrFO3. The number of hydrogen-bond donors (Lipinski definition) is 0. The molecule has 3 nitrogen and oxygen atoms in total. The Hall–Kier alpha value is -1.10. The normalized spacial score (nSPS) is 10.0. The lowest BCUT2D eigenvalue weighted by atomic mass is 10.1. The first kappa shape index (κ1) is 13.0. The fourth-order valence-electron chi connectivity index (χ4n) is 1.44. The quantitative estimate of drug-likeness (QED) is 0.782. The van der Waals surface area contributed by atoms with E-state index in [4.69, 9.17) is 9.47 Å². The predicted molar refractivity (Wildman–Crippen MR) is 61.6 cm³/mol. The monoisotopic (exact) mass is 290 g/mol. The Morgan fingerprint density at radius 2 is 2.12 bits per heavy atom. The molecule has 0 aliphatic carbocycles. The summed E-state index contributed by atoms with van der Waals surface area (Å²) in [5, 5.41) is 0. The number of carbonyl (C=O) groups excluding carboxylic acids is 1. The molecule has 0 aliphatic rings. The smallest absolute Gasteiger partial charge is 0.165 e. The van der Waals surface area contributed by atoms with Crippen molar-refractivity contribution in [2.24, 2.45) is 0 Å². The van der Waals surface area contributed by atoms with Crippen molar-refractivity contribution in [3.63, 3.8) is 0 Å². The van der Waals surface area contributed by atoms with Gasteiger partial charge in [-0.2, -0.15) is 0 Å². The number of hydrogen-bond acceptors (Lipinski definition) is 3. The van der Waals surface area contributed by atoms with Crippen molar-refractivity contribution >= 4 is 22.2 Å². The van der Waals surface area contributed by atoms with E-state index in [0.29, 0.717) is 34.4 Å². The van der Waals surface area contributed by atoms with Crippen molar-refractivity contribution in [1.29, 1.82) is 0 Å². The summed E-state index contributed by atoms with van der Waals surface area (Å²) in [5.41, 5.74) is 0.603. The maximum atomic E-state index is 13.5. The summed E-state index contributed by atoms with van der Waals surface area (Å²) in [5.74, 6) is 0.347. The molecule has 88 valence electrons. The van der Waals surface area contributed by atoms with Gasteiger partial charge < -0.3 is 14.3 Å². The summed E-state index contributed by atoms with van der Waals surface area (Å²) in [4.78, 5) is 10.3. The highest BCUT2D eigenvalue weighted by atomic mass is 79.9. The van der Waals surface area contributed by atoms with Gasteiger partial charge in [-0.3, -0.25) is 0 Å². The fourth-order valence-corrected chi connectivity index (χ4v) is 1.93. The third-order valence-corrected chi connectivity index (χ3v) is 3.02. The van der Waals surface area contributed by atoms with Crippen molar-refractivity contribution < 1.29 is 18.7 Å². The van der Waals surface area contributed by atoms with Crippen molar-refractivity contribution in [2.45, 2.75) is 12.8 Å². The van der Waals surface area contributed by atoms with Gasteiger partial charge in [0.05, 0.1) is 18.7 Å². The highest BCUT2D eigenvalue weighted by molar-refractivity contribution is 9.10. The largest absolute Gasteiger partial charge is 0.493 e. The molecule has 5 heteroatoms. The molecule has 0 fully saturated rings. The van der Waals surface area contributed by atoms with Gasteiger partial charge in [0.15, 0.2) is 11.5 Å². The number of rotatable bonds is 5. The van der Waals surface area contributed by atoms with Gasteiger partial charge in [0.2, 0.25) is 0 Å². The average molecular weight is 291 g/mol. The summed E-state index contributed by atoms with van der Waals surface area (Å²) >= 11 is 3.14. The van der Waals surface area contributed by atoms with Crippen LogP contribution < -0.4 is 9.47 Å². The van der Waals surface area contributed by atoms with E-state index in [2.05, 4.69) is 15.9 Å². The standard InChI is InChI=1S/C11H12BrFO3/c1-15-9-6-8(13)10(12)7(4-3-5-14)11(9)16-2/h5-6H,3-4H2,1-2H3. The first-order chi connectivity index (χ1) is 7.65. The lowest BCUT2D eigenvalue weighted by Gasteiger charge is -2.14. The van der Waals surface area contributed by atoms with Gasteiger partial charge in [-0.1, -0.05) is 0 Å². The first-order valence-electron chi connectivity index (χ1n) is 4.68. The fraction of sp³-hybridized carbons (Fsp3) is 0.364. The molecule has 0 atom stereocenters. The molecule has 0 unspecified atom stereocenters. The first-order valence-corrected chi connectivity index (χ1v) is 5.47. The third kappa shape index (κ3) is 2.52. The molecule has 0 heterocycles. The number of benzene rings is 1. The van der Waals surface area contributed by atoms with E-state index in [1.807, 2.05) is 0 Å². The molecule has 0 amide bonds. The number of methoxy groups -OCH3 is 2. The number of aldehydes is 1. The zero-order chi connectivity index (χ0) is 12.1. The van der Waals surface area contributed by atoms with E-state index < -0.39 is 5.82 Å². The highest BCUT2D eigenvalue weighted by Gasteiger charge is 2.17. The van der Waals surface area contributed by atoms with Crippen LogP contribution in [0.1, 0.15) is 12.0 Å². The van der Waals surface area contributed by atoms with Gasteiger partial charge in [-0.05, 0) is 22.4 Å². The van der Waals surface area contributed by atoms with E-state index in [0.717, 1.165) is 6.29 Å². The van der Waals surface area contributed by atoms with Crippen LogP contribution in [0.2, 0.25) is 0 Å². The molecule has 0 saturated heterocycles. The minimum atomic E-state index is -0.432. The second-order valence-corrected chi connectivity index (χ2v) is 3.88. The van der Waals surface area contributed by atoms with Crippen LogP contribution >= 0.6 is 15.9 Å². The van der Waals surface area contributed by atoms with Gasteiger partial charge in [0.25, 0.3) is 0 Å². The Morgan fingerprint density at radius 1 is 1.44 bits per heavy atom. The van der Waals surface area contributed by atoms with Crippen LogP contribution in [-0.2, 0) is 11.2 Å². The molecule has 0 radical (unpaired) electrons. The Balaban J connectivity index is 3.28. The van der Waals surface area contributed by atoms with Gasteiger partial charge in [0, 0.05) is 18.1 Å². The van der Waals surface area contributed by atoms with E-state index in [9.17, 15) is 9.18 Å². The summed E-state index contributed by atoms with van der Waals surface area (Å²) in [6, 6.07) is 1.24. The molecule has 0 aromatic heterocycles. The molecular weight excluding hydrogens is 279 g/mol. The topological polar surface area (TPSA) is 35.5 Å². The summed E-state index contributed by atoms with van der Waals surface area (Å²) in [6.45, 7) is 0. The lowest BCUT2D eigenvalue weighted by Crippen LogP contribution is -2.00. The van der Waals surface area contributed by atoms with E-state index in [-0.39, 0.29) is 0 Å². The van der Waals surface area contributed by atoms with Crippen molar-refractivity contribution in [2.75, 3.05) is 14.2 Å². The molecule has 0 spiro atoms. The van der Waals surface area contributed by atoms with Gasteiger partial charge >= 0.3 is 0 Å². The Bertz CT molecular complexity index is 393. The molecule has 0 N–H and O–H groups in total. The maximum absolute atomic E-state index is 13.5. The molecule has 16 heavy (non-hydrogen) atoms. The van der Waals surface area contributed by atoms with Crippen LogP contribution in [0.25, 0.3) is 0 Å². The van der Waals surface area contributed by atoms with Crippen LogP contribution in [0.4, 0.5) is 4.39 Å². The minimum Gasteiger partial charge on any atom is -0.493 e. The summed E-state index contributed by atoms with van der Waals surface area (Å²) in [7, 11) is 2.92. The average Bonchev–Trinajstić information content (AvgIpc) is 2.30. The number of carbonyl (C=O) groups is 1. The predicted octanol–water partition coefficient (Wildman–Crippen LogP) is 2.74. The molecule has 1 aromatic rings.